The van der Waals surface area contributed by atoms with Gasteiger partial charge in [0.2, 0.25) is 0 Å². The van der Waals surface area contributed by atoms with Crippen LogP contribution in [-0.4, -0.2) is 87.5 Å². The van der Waals surface area contributed by atoms with Gasteiger partial charge in [-0.05, 0) is 6.07 Å². The number of phenolic OH excluding ortho intramolecular Hbond substituents is 2. The van der Waals surface area contributed by atoms with Crippen LogP contribution >= 0.6 is 0 Å². The topological polar surface area (TPSA) is 149 Å². The Morgan fingerprint density at radius 3 is 1.71 bits per heavy atom. The molecule has 0 unspecified atom stereocenters. The van der Waals surface area contributed by atoms with Crippen LogP contribution in [0.3, 0.4) is 0 Å². The number of benzene rings is 1. The maximum atomic E-state index is 10.7. The van der Waals surface area contributed by atoms with E-state index >= 15 is 0 Å². The first-order valence-electron chi connectivity index (χ1n) is 3.54. The molecule has 0 aromatic heterocycles. The summed E-state index contributed by atoms with van der Waals surface area (Å²) in [7, 11) is -9.70. The van der Waals surface area contributed by atoms with E-state index in [-0.39, 0.29) is 51.4 Å². The Kier molecular flexibility index (Phi) is 5.59. The van der Waals surface area contributed by atoms with Crippen LogP contribution in [0, 0.1) is 0 Å². The van der Waals surface area contributed by atoms with Gasteiger partial charge in [0.05, 0.1) is 4.90 Å². The van der Waals surface area contributed by atoms with Gasteiger partial charge in [0.25, 0.3) is 20.2 Å². The molecule has 0 aliphatic rings. The fourth-order valence-electron chi connectivity index (χ4n) is 0.914. The van der Waals surface area contributed by atoms with Crippen molar-refractivity contribution in [2.24, 2.45) is 0 Å². The Labute approximate surface area is 139 Å². The van der Waals surface area contributed by atoms with E-state index in [2.05, 4.69) is 0 Å². The molecule has 0 aliphatic carbocycles. The fourth-order valence-corrected chi connectivity index (χ4v) is 2.14. The molecule has 92 valence electrons. The number of hydrogen-bond donors (Lipinski definition) is 4. The predicted octanol–water partition coefficient (Wildman–Crippen LogP) is -1.06. The van der Waals surface area contributed by atoms with Gasteiger partial charge in [0.1, 0.15) is 4.90 Å². The summed E-state index contributed by atoms with van der Waals surface area (Å²) in [6.45, 7) is 0. The van der Waals surface area contributed by atoms with Crippen molar-refractivity contribution in [3.05, 3.63) is 12.1 Å². The SMILES string of the molecule is O=S(=O)(O)c1cc(O)c(O)c(S(=O)(=O)O)c1.[KH]. The quantitative estimate of drug-likeness (QED) is 0.307. The average Bonchev–Trinajstić information content (AvgIpc) is 2.05. The van der Waals surface area contributed by atoms with Crippen molar-refractivity contribution in [3.63, 3.8) is 0 Å². The van der Waals surface area contributed by atoms with Crippen LogP contribution in [0.5, 0.6) is 11.5 Å². The van der Waals surface area contributed by atoms with Crippen molar-refractivity contribution < 1.29 is 36.2 Å². The Hall–Kier alpha value is 0.276. The Balaban J connectivity index is 0.00000256. The molecule has 4 N–H and O–H groups in total. The van der Waals surface area contributed by atoms with Crippen molar-refractivity contribution >= 4 is 71.6 Å². The van der Waals surface area contributed by atoms with Crippen LogP contribution < -0.4 is 0 Å². The van der Waals surface area contributed by atoms with E-state index in [1.165, 1.54) is 0 Å². The summed E-state index contributed by atoms with van der Waals surface area (Å²) < 4.78 is 59.9. The molecule has 11 heteroatoms. The average molecular weight is 310 g/mol. The molecule has 0 amide bonds. The summed E-state index contributed by atoms with van der Waals surface area (Å²) in [6.07, 6.45) is 0. The zero-order chi connectivity index (χ0) is 12.7. The van der Waals surface area contributed by atoms with Gasteiger partial charge in [0, 0.05) is 6.07 Å². The summed E-state index contributed by atoms with van der Waals surface area (Å²) >= 11 is 0. The molecule has 0 bridgehead atoms. The Bertz CT molecular complexity index is 632. The van der Waals surface area contributed by atoms with Crippen molar-refractivity contribution in [1.29, 1.82) is 0 Å². The van der Waals surface area contributed by atoms with E-state index in [1.807, 2.05) is 0 Å². The molecule has 8 nitrogen and oxygen atoms in total. The zero-order valence-electron chi connectivity index (χ0n) is 7.39. The molecule has 1 aromatic rings. The number of rotatable bonds is 2. The third-order valence-electron chi connectivity index (χ3n) is 1.60. The van der Waals surface area contributed by atoms with Gasteiger partial charge in [-0.2, -0.15) is 16.8 Å². The fraction of sp³-hybridized carbons (Fsp3) is 0. The summed E-state index contributed by atoms with van der Waals surface area (Å²) in [5, 5.41) is 18.1. The number of hydrogen-bond acceptors (Lipinski definition) is 6. The third-order valence-corrected chi connectivity index (χ3v) is 3.30. The van der Waals surface area contributed by atoms with E-state index in [1.54, 1.807) is 0 Å². The van der Waals surface area contributed by atoms with Gasteiger partial charge in [-0.25, -0.2) is 0 Å². The molecule has 0 spiro atoms. The van der Waals surface area contributed by atoms with Gasteiger partial charge in [-0.1, -0.05) is 0 Å². The first-order chi connectivity index (χ1) is 7.03. The van der Waals surface area contributed by atoms with Crippen LogP contribution in [0.15, 0.2) is 21.9 Å². The minimum absolute atomic E-state index is 0. The van der Waals surface area contributed by atoms with E-state index in [9.17, 15) is 16.8 Å². The first kappa shape index (κ1) is 17.3. The Morgan fingerprint density at radius 2 is 1.35 bits per heavy atom. The van der Waals surface area contributed by atoms with Gasteiger partial charge in [-0.3, -0.25) is 9.11 Å². The van der Waals surface area contributed by atoms with E-state index in [0.717, 1.165) is 0 Å². The van der Waals surface area contributed by atoms with Gasteiger partial charge < -0.3 is 10.2 Å². The molecular weight excluding hydrogens is 303 g/mol. The number of phenols is 2. The standard InChI is InChI=1S/C6H6O8S2.K.H/c7-4-1-3(15(9,10)11)2-5(6(4)8)16(12,13)14;;/h1-2,7-8H,(H,9,10,11)(H,12,13,14);;. The molecule has 0 radical (unpaired) electrons. The van der Waals surface area contributed by atoms with Crippen LogP contribution in [0.2, 0.25) is 0 Å². The minimum atomic E-state index is -4.92. The summed E-state index contributed by atoms with van der Waals surface area (Å²) in [5.41, 5.74) is 0. The zero-order valence-corrected chi connectivity index (χ0v) is 9.03. The normalized spacial score (nSPS) is 11.9. The second-order valence-corrected chi connectivity index (χ2v) is 5.55. The molecule has 0 aliphatic heterocycles. The second-order valence-electron chi connectivity index (χ2n) is 2.74. The van der Waals surface area contributed by atoms with Crippen LogP contribution in [0.4, 0.5) is 0 Å². The van der Waals surface area contributed by atoms with Crippen molar-refractivity contribution in [3.8, 4) is 11.5 Å². The van der Waals surface area contributed by atoms with Crippen LogP contribution in [0.25, 0.3) is 0 Å². The molecule has 0 saturated heterocycles. The molecule has 0 fully saturated rings. The van der Waals surface area contributed by atoms with E-state index in [4.69, 9.17) is 19.3 Å². The van der Waals surface area contributed by atoms with Gasteiger partial charge >= 0.3 is 51.4 Å². The van der Waals surface area contributed by atoms with Crippen molar-refractivity contribution in [1.82, 2.24) is 0 Å². The molecular formula is C6H7KO8S2. The molecule has 0 saturated carbocycles. The monoisotopic (exact) mass is 310 g/mol. The summed E-state index contributed by atoms with van der Waals surface area (Å²) in [4.78, 5) is -2.20. The summed E-state index contributed by atoms with van der Waals surface area (Å²) in [5.74, 6) is -2.32. The maximum absolute atomic E-state index is 10.7. The van der Waals surface area contributed by atoms with Crippen LogP contribution in [0.1, 0.15) is 0 Å². The number of aromatic hydroxyl groups is 2. The molecule has 0 atom stereocenters. The van der Waals surface area contributed by atoms with Crippen LogP contribution in [-0.2, 0) is 20.2 Å². The molecule has 0 heterocycles. The van der Waals surface area contributed by atoms with E-state index in [0.29, 0.717) is 12.1 Å². The van der Waals surface area contributed by atoms with E-state index < -0.39 is 41.5 Å². The molecule has 1 aromatic carbocycles. The molecule has 1 rings (SSSR count). The molecule has 17 heavy (non-hydrogen) atoms. The van der Waals surface area contributed by atoms with Crippen molar-refractivity contribution in [2.45, 2.75) is 9.79 Å². The first-order valence-corrected chi connectivity index (χ1v) is 6.42. The Morgan fingerprint density at radius 1 is 0.882 bits per heavy atom. The predicted molar refractivity (Wildman–Crippen MR) is 56.5 cm³/mol. The van der Waals surface area contributed by atoms with Gasteiger partial charge in [0.15, 0.2) is 11.5 Å². The van der Waals surface area contributed by atoms with Gasteiger partial charge in [-0.15, -0.1) is 0 Å². The third kappa shape index (κ3) is 4.15. The van der Waals surface area contributed by atoms with Crippen molar-refractivity contribution in [2.75, 3.05) is 0 Å². The summed E-state index contributed by atoms with van der Waals surface area (Å²) in [6, 6.07) is 0.735. The second kappa shape index (κ2) is 5.50.